The summed E-state index contributed by atoms with van der Waals surface area (Å²) in [5.41, 5.74) is 8.67. The lowest BCUT2D eigenvalue weighted by molar-refractivity contribution is 1.07. The van der Waals surface area contributed by atoms with Crippen LogP contribution in [0.25, 0.3) is 94.0 Å². The molecule has 0 aliphatic carbocycles. The highest BCUT2D eigenvalue weighted by atomic mass is 32.2. The number of anilines is 1. The monoisotopic (exact) mass is 759 g/mol. The zero-order valence-corrected chi connectivity index (χ0v) is 32.0. The first-order valence-corrected chi connectivity index (χ1v) is 20.4. The largest absolute Gasteiger partial charge is 0.368 e. The minimum absolute atomic E-state index is 0.146. The van der Waals surface area contributed by atoms with Gasteiger partial charge in [0.1, 0.15) is 5.37 Å². The zero-order chi connectivity index (χ0) is 38.2. The van der Waals surface area contributed by atoms with Crippen molar-refractivity contribution in [2.45, 2.75) is 10.3 Å². The van der Waals surface area contributed by atoms with Crippen LogP contribution in [0.5, 0.6) is 0 Å². The summed E-state index contributed by atoms with van der Waals surface area (Å²) in [6.45, 7) is 0. The van der Waals surface area contributed by atoms with Gasteiger partial charge in [-0.25, -0.2) is 15.0 Å². The fourth-order valence-corrected chi connectivity index (χ4v) is 9.86. The summed E-state index contributed by atoms with van der Waals surface area (Å²) in [5.74, 6) is 1.92. The van der Waals surface area contributed by atoms with Crippen LogP contribution in [0.3, 0.4) is 0 Å². The Balaban J connectivity index is 0.982. The molecule has 58 heavy (non-hydrogen) atoms. The fraction of sp³-hybridized carbons (Fsp3) is 0.0192. The third kappa shape index (κ3) is 5.30. The Kier molecular flexibility index (Phi) is 7.46. The number of fused-ring (bicyclic) bond motifs is 10. The highest BCUT2D eigenvalue weighted by molar-refractivity contribution is 8.00. The van der Waals surface area contributed by atoms with Crippen molar-refractivity contribution < 1.29 is 0 Å². The zero-order valence-electron chi connectivity index (χ0n) is 31.2. The van der Waals surface area contributed by atoms with Gasteiger partial charge in [-0.1, -0.05) is 145 Å². The summed E-state index contributed by atoms with van der Waals surface area (Å²) < 4.78 is 2.38. The topological polar surface area (TPSA) is 55.6 Å². The quantitative estimate of drug-likeness (QED) is 0.177. The van der Waals surface area contributed by atoms with Gasteiger partial charge >= 0.3 is 0 Å². The van der Waals surface area contributed by atoms with Crippen LogP contribution in [0.4, 0.5) is 5.69 Å². The Hall–Kier alpha value is -7.28. The number of nitrogens with zero attached hydrogens (tertiary/aromatic N) is 4. The van der Waals surface area contributed by atoms with Crippen molar-refractivity contribution in [3.05, 3.63) is 194 Å². The van der Waals surface area contributed by atoms with E-state index in [-0.39, 0.29) is 5.37 Å². The SMILES string of the molecule is c1ccc(-c2nc(-c3ccc(-n4c5ccccc5c5ccc(C6Nc7ccccc7S6)cc54)cc3)nc(-c3ccc4c5ccccc5c5ccccc5c4c3)n2)cc1. The van der Waals surface area contributed by atoms with E-state index in [2.05, 4.69) is 180 Å². The highest BCUT2D eigenvalue weighted by Crippen LogP contribution is 2.47. The maximum Gasteiger partial charge on any atom is 0.164 e. The smallest absolute Gasteiger partial charge is 0.164 e. The summed E-state index contributed by atoms with van der Waals surface area (Å²) in [6, 6.07) is 66.9. The van der Waals surface area contributed by atoms with Crippen molar-refractivity contribution in [3.63, 3.8) is 0 Å². The molecule has 1 aliphatic heterocycles. The minimum Gasteiger partial charge on any atom is -0.368 e. The molecule has 1 atom stereocenters. The lowest BCUT2D eigenvalue weighted by atomic mass is 9.93. The van der Waals surface area contributed by atoms with Crippen LogP contribution in [0.2, 0.25) is 0 Å². The first kappa shape index (κ1) is 32.9. The maximum absolute atomic E-state index is 5.18. The highest BCUT2D eigenvalue weighted by Gasteiger charge is 2.24. The van der Waals surface area contributed by atoms with Crippen molar-refractivity contribution in [3.8, 4) is 39.9 Å². The van der Waals surface area contributed by atoms with E-state index in [9.17, 15) is 0 Å². The molecular formula is C52H33N5S. The van der Waals surface area contributed by atoms with E-state index < -0.39 is 0 Å². The molecule has 0 saturated heterocycles. The van der Waals surface area contributed by atoms with Gasteiger partial charge in [0.25, 0.3) is 0 Å². The Morgan fingerprint density at radius 2 is 0.914 bits per heavy atom. The van der Waals surface area contributed by atoms with Crippen molar-refractivity contribution in [2.24, 2.45) is 0 Å². The minimum atomic E-state index is 0.146. The molecule has 5 nitrogen and oxygen atoms in total. The number of benzene rings is 9. The molecule has 0 radical (unpaired) electrons. The van der Waals surface area contributed by atoms with Crippen molar-refractivity contribution in [1.29, 1.82) is 0 Å². The fourth-order valence-electron chi connectivity index (χ4n) is 8.72. The normalized spacial score (nSPS) is 13.8. The van der Waals surface area contributed by atoms with E-state index in [0.717, 1.165) is 22.4 Å². The van der Waals surface area contributed by atoms with Gasteiger partial charge in [-0.3, -0.25) is 0 Å². The summed E-state index contributed by atoms with van der Waals surface area (Å²) >= 11 is 1.87. The van der Waals surface area contributed by atoms with E-state index in [1.807, 2.05) is 30.0 Å². The summed E-state index contributed by atoms with van der Waals surface area (Å²) in [4.78, 5) is 16.6. The van der Waals surface area contributed by atoms with Crippen LogP contribution in [0.1, 0.15) is 10.9 Å². The molecule has 0 fully saturated rings. The summed E-state index contributed by atoms with van der Waals surface area (Å²) in [6.07, 6.45) is 0. The molecule has 272 valence electrons. The van der Waals surface area contributed by atoms with E-state index in [0.29, 0.717) is 17.5 Å². The van der Waals surface area contributed by atoms with Gasteiger partial charge in [-0.15, -0.1) is 0 Å². The molecular weight excluding hydrogens is 727 g/mol. The molecule has 12 rings (SSSR count). The van der Waals surface area contributed by atoms with E-state index in [4.69, 9.17) is 15.0 Å². The van der Waals surface area contributed by atoms with Gasteiger partial charge in [0.05, 0.1) is 11.0 Å². The second kappa shape index (κ2) is 13.2. The third-order valence-corrected chi connectivity index (χ3v) is 12.7. The number of hydrogen-bond donors (Lipinski definition) is 1. The summed E-state index contributed by atoms with van der Waals surface area (Å²) in [7, 11) is 0. The number of hydrogen-bond acceptors (Lipinski definition) is 5. The van der Waals surface area contributed by atoms with Crippen molar-refractivity contribution in [2.75, 3.05) is 5.32 Å². The van der Waals surface area contributed by atoms with Crippen LogP contribution in [0.15, 0.2) is 193 Å². The molecule has 6 heteroatoms. The van der Waals surface area contributed by atoms with Gasteiger partial charge in [0, 0.05) is 43.7 Å². The molecule has 0 spiro atoms. The standard InChI is InChI=1S/C52H33N5S/c1-2-12-32(13-3-1)49-54-50(56-51(55-49)34-24-28-41-39-16-5-4-14-37(39)38-15-6-7-17-40(38)44(41)30-34)33-22-26-36(27-23-33)57-46-20-10-8-18-42(46)43-29-25-35(31-47(43)57)52-53-45-19-9-11-21-48(45)58-52/h1-31,52-53H. The molecule has 1 aliphatic rings. The maximum atomic E-state index is 5.18. The molecule has 0 saturated carbocycles. The number of nitrogens with one attached hydrogen (secondary N) is 1. The van der Waals surface area contributed by atoms with E-state index in [1.165, 1.54) is 70.3 Å². The lowest BCUT2D eigenvalue weighted by Gasteiger charge is -2.14. The second-order valence-electron chi connectivity index (χ2n) is 14.8. The molecule has 9 aromatic carbocycles. The number of para-hydroxylation sites is 2. The van der Waals surface area contributed by atoms with Crippen molar-refractivity contribution in [1.82, 2.24) is 19.5 Å². The summed E-state index contributed by atoms with van der Waals surface area (Å²) in [5, 5.41) is 13.7. The molecule has 2 aromatic heterocycles. The van der Waals surface area contributed by atoms with Gasteiger partial charge in [-0.2, -0.15) is 0 Å². The molecule has 3 heterocycles. The number of rotatable bonds is 5. The number of aromatic nitrogens is 4. The first-order chi connectivity index (χ1) is 28.7. The van der Waals surface area contributed by atoms with E-state index >= 15 is 0 Å². The molecule has 1 unspecified atom stereocenters. The molecule has 1 N–H and O–H groups in total. The third-order valence-electron chi connectivity index (χ3n) is 11.5. The van der Waals surface area contributed by atoms with Crippen molar-refractivity contribution >= 4 is 71.6 Å². The molecule has 11 aromatic rings. The molecule has 0 amide bonds. The predicted molar refractivity (Wildman–Crippen MR) is 242 cm³/mol. The Morgan fingerprint density at radius 1 is 0.397 bits per heavy atom. The van der Waals surface area contributed by atoms with Crippen LogP contribution < -0.4 is 5.32 Å². The number of thioether (sulfide) groups is 1. The first-order valence-electron chi connectivity index (χ1n) is 19.5. The predicted octanol–water partition coefficient (Wildman–Crippen LogP) is 13.6. The molecule has 0 bridgehead atoms. The van der Waals surface area contributed by atoms with Gasteiger partial charge in [0.2, 0.25) is 0 Å². The van der Waals surface area contributed by atoms with Crippen LogP contribution >= 0.6 is 11.8 Å². The van der Waals surface area contributed by atoms with Gasteiger partial charge < -0.3 is 9.88 Å². The Labute approximate surface area is 338 Å². The lowest BCUT2D eigenvalue weighted by Crippen LogP contribution is -2.02. The van der Waals surface area contributed by atoms with Crippen LogP contribution in [-0.2, 0) is 0 Å². The second-order valence-corrected chi connectivity index (χ2v) is 16.0. The van der Waals surface area contributed by atoms with Crippen LogP contribution in [-0.4, -0.2) is 19.5 Å². The van der Waals surface area contributed by atoms with Crippen LogP contribution in [0, 0.1) is 0 Å². The average molecular weight is 760 g/mol. The average Bonchev–Trinajstić information content (AvgIpc) is 3.89. The van der Waals surface area contributed by atoms with E-state index in [1.54, 1.807) is 0 Å². The van der Waals surface area contributed by atoms with Gasteiger partial charge in [-0.05, 0) is 92.5 Å². The Morgan fingerprint density at radius 3 is 1.62 bits per heavy atom. The Bertz CT molecular complexity index is 3350. The van der Waals surface area contributed by atoms with Gasteiger partial charge in [0.15, 0.2) is 17.5 Å².